The SMILES string of the molecule is CC(C)(C)OC(=O)N1CC=C(c2ccc3c(c2F)CC(C(=O)N2CCN(Cc4ccc(C(F)(F)F)cc4)CC2)=N3)CC1. The van der Waals surface area contributed by atoms with Crippen LogP contribution in [0.5, 0.6) is 0 Å². The van der Waals surface area contributed by atoms with Crippen LogP contribution in [0, 0.1) is 5.82 Å². The van der Waals surface area contributed by atoms with Gasteiger partial charge < -0.3 is 14.5 Å². The van der Waals surface area contributed by atoms with Gasteiger partial charge in [-0.3, -0.25) is 9.69 Å². The number of hydrogen-bond donors (Lipinski definition) is 0. The number of alkyl halides is 3. The van der Waals surface area contributed by atoms with Crippen molar-refractivity contribution in [2.75, 3.05) is 39.3 Å². The Labute approximate surface area is 242 Å². The van der Waals surface area contributed by atoms with Crippen LogP contribution >= 0.6 is 0 Å². The van der Waals surface area contributed by atoms with Gasteiger partial charge in [-0.1, -0.05) is 18.2 Å². The number of ether oxygens (including phenoxy) is 1. The molecule has 42 heavy (non-hydrogen) atoms. The number of piperazine rings is 1. The highest BCUT2D eigenvalue weighted by Gasteiger charge is 2.32. The lowest BCUT2D eigenvalue weighted by Gasteiger charge is -2.34. The van der Waals surface area contributed by atoms with E-state index in [-0.39, 0.29) is 12.3 Å². The fourth-order valence-corrected chi connectivity index (χ4v) is 5.36. The van der Waals surface area contributed by atoms with Crippen molar-refractivity contribution in [1.82, 2.24) is 14.7 Å². The number of carbonyl (C=O) groups excluding carboxylic acids is 2. The zero-order valence-corrected chi connectivity index (χ0v) is 23.9. The van der Waals surface area contributed by atoms with E-state index in [9.17, 15) is 22.8 Å². The van der Waals surface area contributed by atoms with Crippen LogP contribution in [0.3, 0.4) is 0 Å². The number of benzene rings is 2. The number of carbonyl (C=O) groups is 2. The molecule has 224 valence electrons. The van der Waals surface area contributed by atoms with E-state index in [1.165, 1.54) is 12.1 Å². The molecule has 2 aromatic carbocycles. The molecule has 7 nitrogen and oxygen atoms in total. The molecule has 2 aromatic rings. The Morgan fingerprint density at radius 2 is 1.62 bits per heavy atom. The Bertz CT molecular complexity index is 1420. The van der Waals surface area contributed by atoms with E-state index >= 15 is 4.39 Å². The Morgan fingerprint density at radius 3 is 2.21 bits per heavy atom. The van der Waals surface area contributed by atoms with Crippen molar-refractivity contribution in [3.63, 3.8) is 0 Å². The third-order valence-corrected chi connectivity index (χ3v) is 7.62. The van der Waals surface area contributed by atoms with Crippen molar-refractivity contribution in [1.29, 1.82) is 0 Å². The smallest absolute Gasteiger partial charge is 0.416 e. The first-order chi connectivity index (χ1) is 19.8. The third-order valence-electron chi connectivity index (χ3n) is 7.62. The lowest BCUT2D eigenvalue weighted by molar-refractivity contribution is -0.137. The molecule has 1 saturated heterocycles. The minimum Gasteiger partial charge on any atom is -0.444 e. The Hall–Kier alpha value is -3.73. The van der Waals surface area contributed by atoms with Crippen LogP contribution in [0.15, 0.2) is 47.5 Å². The molecule has 0 radical (unpaired) electrons. The van der Waals surface area contributed by atoms with E-state index in [1.807, 2.05) is 26.8 Å². The zero-order valence-electron chi connectivity index (χ0n) is 23.9. The van der Waals surface area contributed by atoms with Crippen LogP contribution < -0.4 is 0 Å². The third kappa shape index (κ3) is 6.67. The van der Waals surface area contributed by atoms with Gasteiger partial charge in [-0.05, 0) is 62.6 Å². The number of fused-ring (bicyclic) bond motifs is 1. The molecule has 11 heteroatoms. The highest BCUT2D eigenvalue weighted by molar-refractivity contribution is 6.40. The summed E-state index contributed by atoms with van der Waals surface area (Å²) in [6.07, 6.45) is -2.33. The quantitative estimate of drug-likeness (QED) is 0.423. The summed E-state index contributed by atoms with van der Waals surface area (Å²) < 4.78 is 59.5. The summed E-state index contributed by atoms with van der Waals surface area (Å²) in [5.74, 6) is -0.622. The average Bonchev–Trinajstić information content (AvgIpc) is 3.38. The molecule has 1 fully saturated rings. The Kier molecular flexibility index (Phi) is 8.15. The second kappa shape index (κ2) is 11.5. The Balaban J connectivity index is 1.16. The maximum Gasteiger partial charge on any atom is 0.416 e. The van der Waals surface area contributed by atoms with Crippen LogP contribution in [0.4, 0.5) is 28.0 Å². The Morgan fingerprint density at radius 1 is 0.929 bits per heavy atom. The van der Waals surface area contributed by atoms with Crippen LogP contribution in [0.2, 0.25) is 0 Å². The van der Waals surface area contributed by atoms with Gasteiger partial charge >= 0.3 is 12.3 Å². The van der Waals surface area contributed by atoms with E-state index in [4.69, 9.17) is 4.74 Å². The summed E-state index contributed by atoms with van der Waals surface area (Å²) in [5, 5.41) is 0. The number of hydrogen-bond acceptors (Lipinski definition) is 5. The van der Waals surface area contributed by atoms with E-state index in [2.05, 4.69) is 9.89 Å². The van der Waals surface area contributed by atoms with E-state index < -0.39 is 29.3 Å². The molecule has 3 aliphatic rings. The molecule has 2 amide bonds. The van der Waals surface area contributed by atoms with Crippen LogP contribution in [-0.4, -0.2) is 77.3 Å². The maximum absolute atomic E-state index is 15.7. The summed E-state index contributed by atoms with van der Waals surface area (Å²) >= 11 is 0. The normalized spacial score (nSPS) is 18.0. The lowest BCUT2D eigenvalue weighted by atomic mass is 9.95. The number of nitrogens with zero attached hydrogens (tertiary/aromatic N) is 4. The fraction of sp³-hybridized carbons (Fsp3) is 0.452. The minimum absolute atomic E-state index is 0.108. The van der Waals surface area contributed by atoms with Gasteiger partial charge in [-0.2, -0.15) is 13.2 Å². The summed E-state index contributed by atoms with van der Waals surface area (Å²) in [6.45, 7) is 8.70. The molecule has 0 atom stereocenters. The first-order valence-electron chi connectivity index (χ1n) is 14.0. The minimum atomic E-state index is -4.37. The standard InChI is InChI=1S/C31H34F4N4O3/c1-30(2,3)42-29(41)39-12-10-21(11-13-39)23-8-9-25-24(27(23)32)18-26(36-25)28(40)38-16-14-37(15-17-38)19-20-4-6-22(7-5-20)31(33,34)35/h4-10H,11-19H2,1-3H3. The molecule has 0 N–H and O–H groups in total. The zero-order chi connectivity index (χ0) is 30.2. The number of halogens is 4. The molecule has 3 aliphatic heterocycles. The van der Waals surface area contributed by atoms with Crippen LogP contribution in [0.25, 0.3) is 5.57 Å². The first-order valence-corrected chi connectivity index (χ1v) is 14.0. The van der Waals surface area contributed by atoms with Gasteiger partial charge in [0.05, 0.1) is 11.3 Å². The van der Waals surface area contributed by atoms with E-state index in [1.54, 1.807) is 21.9 Å². The summed E-state index contributed by atoms with van der Waals surface area (Å²) in [5.41, 5.74) is 1.91. The first kappa shape index (κ1) is 29.8. The van der Waals surface area contributed by atoms with Crippen LogP contribution in [0.1, 0.15) is 49.4 Å². The van der Waals surface area contributed by atoms with Crippen molar-refractivity contribution < 1.29 is 31.9 Å². The number of rotatable bonds is 4. The highest BCUT2D eigenvalue weighted by atomic mass is 19.4. The molecule has 0 unspecified atom stereocenters. The number of amides is 2. The van der Waals surface area contributed by atoms with Gasteiger partial charge in [-0.25, -0.2) is 14.2 Å². The molecular formula is C31H34F4N4O3. The molecule has 5 rings (SSSR count). The predicted octanol–water partition coefficient (Wildman–Crippen LogP) is 5.84. The van der Waals surface area contributed by atoms with Crippen molar-refractivity contribution in [2.45, 2.75) is 51.9 Å². The topological polar surface area (TPSA) is 65.5 Å². The second-order valence-electron chi connectivity index (χ2n) is 11.8. The van der Waals surface area contributed by atoms with Gasteiger partial charge in [-0.15, -0.1) is 0 Å². The highest BCUT2D eigenvalue weighted by Crippen LogP contribution is 2.36. The molecule has 0 saturated carbocycles. The summed E-state index contributed by atoms with van der Waals surface area (Å²) in [6, 6.07) is 8.54. The van der Waals surface area contributed by atoms with E-state index in [0.29, 0.717) is 74.8 Å². The largest absolute Gasteiger partial charge is 0.444 e. The van der Waals surface area contributed by atoms with Gasteiger partial charge in [0, 0.05) is 63.4 Å². The fourth-order valence-electron chi connectivity index (χ4n) is 5.36. The van der Waals surface area contributed by atoms with Gasteiger partial charge in [0.2, 0.25) is 0 Å². The predicted molar refractivity (Wildman–Crippen MR) is 151 cm³/mol. The lowest BCUT2D eigenvalue weighted by Crippen LogP contribution is -2.50. The molecule has 0 aliphatic carbocycles. The maximum atomic E-state index is 15.7. The van der Waals surface area contributed by atoms with Gasteiger partial charge in [0.25, 0.3) is 5.91 Å². The van der Waals surface area contributed by atoms with Crippen LogP contribution in [-0.2, 0) is 28.7 Å². The molecule has 0 bridgehead atoms. The summed E-state index contributed by atoms with van der Waals surface area (Å²) in [7, 11) is 0. The number of aliphatic imine (C=N–C) groups is 1. The molecular weight excluding hydrogens is 552 g/mol. The van der Waals surface area contributed by atoms with E-state index in [0.717, 1.165) is 23.3 Å². The molecule has 0 spiro atoms. The van der Waals surface area contributed by atoms with Crippen molar-refractivity contribution in [3.05, 3.63) is 70.5 Å². The van der Waals surface area contributed by atoms with Crippen molar-refractivity contribution >= 4 is 29.0 Å². The molecule has 3 heterocycles. The summed E-state index contributed by atoms with van der Waals surface area (Å²) in [4.78, 5) is 35.4. The van der Waals surface area contributed by atoms with Crippen molar-refractivity contribution in [2.24, 2.45) is 4.99 Å². The van der Waals surface area contributed by atoms with Gasteiger partial charge in [0.1, 0.15) is 17.1 Å². The second-order valence-corrected chi connectivity index (χ2v) is 11.8. The molecule has 0 aromatic heterocycles. The van der Waals surface area contributed by atoms with Crippen molar-refractivity contribution in [3.8, 4) is 0 Å². The van der Waals surface area contributed by atoms with Gasteiger partial charge in [0.15, 0.2) is 0 Å². The monoisotopic (exact) mass is 586 g/mol. The average molecular weight is 587 g/mol.